The molecule has 0 spiro atoms. The topological polar surface area (TPSA) is 190 Å². The molecule has 0 heterocycles. The number of anilines is 1. The van der Waals surface area contributed by atoms with Gasteiger partial charge >= 0.3 is 0 Å². The third kappa shape index (κ3) is 3.34. The Morgan fingerprint density at radius 2 is 1.71 bits per heavy atom. The zero-order valence-corrected chi connectivity index (χ0v) is 19.6. The number of hydrogen-bond acceptors (Lipinski definition) is 9. The van der Waals surface area contributed by atoms with E-state index in [1.165, 1.54) is 17.9 Å². The van der Waals surface area contributed by atoms with Gasteiger partial charge in [-0.05, 0) is 31.6 Å². The molecule has 1 aromatic rings. The molecule has 0 bridgehead atoms. The monoisotopic (exact) mass is 485 g/mol. The van der Waals surface area contributed by atoms with Gasteiger partial charge in [-0.15, -0.1) is 0 Å². The summed E-state index contributed by atoms with van der Waals surface area (Å²) < 4.78 is 0. The first kappa shape index (κ1) is 24.4. The molecular formula is C24H27N3O8. The predicted molar refractivity (Wildman–Crippen MR) is 123 cm³/mol. The van der Waals surface area contributed by atoms with Crippen LogP contribution in [-0.2, 0) is 19.2 Å². The quantitative estimate of drug-likeness (QED) is 0.199. The number of carbonyl (C=O) groups excluding carboxylic acids is 4. The Labute approximate surface area is 200 Å². The number of rotatable bonds is 3. The number of likely N-dealkylation sites (N-methyl/N-ethyl adjacent to an activating group) is 1. The van der Waals surface area contributed by atoms with Crippen LogP contribution in [0.1, 0.15) is 30.9 Å². The lowest BCUT2D eigenvalue weighted by atomic mass is 9.56. The van der Waals surface area contributed by atoms with Gasteiger partial charge in [0.15, 0.2) is 11.6 Å². The number of benzene rings is 1. The van der Waals surface area contributed by atoms with E-state index in [1.807, 2.05) is 0 Å². The predicted octanol–water partition coefficient (Wildman–Crippen LogP) is 0.339. The van der Waals surface area contributed by atoms with Crippen molar-refractivity contribution >= 4 is 34.8 Å². The summed E-state index contributed by atoms with van der Waals surface area (Å²) in [5.41, 5.74) is 4.71. The van der Waals surface area contributed by atoms with E-state index in [0.717, 1.165) is 0 Å². The van der Waals surface area contributed by atoms with E-state index in [2.05, 4.69) is 5.32 Å². The van der Waals surface area contributed by atoms with Crippen LogP contribution in [0.15, 0.2) is 29.0 Å². The van der Waals surface area contributed by atoms with Crippen molar-refractivity contribution in [3.63, 3.8) is 0 Å². The third-order valence-corrected chi connectivity index (χ3v) is 7.30. The first-order chi connectivity index (χ1) is 16.3. The number of ketones is 2. The maximum Gasteiger partial charge on any atom is 0.255 e. The number of phenols is 1. The number of Topliss-reactive ketones (excluding diaryl/α,β-unsaturated/α-hetero) is 2. The summed E-state index contributed by atoms with van der Waals surface area (Å²) in [6, 6.07) is 1.95. The molecule has 0 saturated heterocycles. The molecule has 11 heteroatoms. The lowest BCUT2D eigenvalue weighted by molar-refractivity contribution is -0.144. The summed E-state index contributed by atoms with van der Waals surface area (Å²) in [4.78, 5) is 52.0. The Balaban J connectivity index is 1.96. The van der Waals surface area contributed by atoms with E-state index in [9.17, 15) is 39.6 Å². The van der Waals surface area contributed by atoms with Crippen molar-refractivity contribution in [3.05, 3.63) is 40.2 Å². The smallest absolute Gasteiger partial charge is 0.255 e. The first-order valence-corrected chi connectivity index (χ1v) is 11.0. The second-order valence-electron chi connectivity index (χ2n) is 9.49. The number of fused-ring (bicyclic) bond motifs is 3. The maximum absolute atomic E-state index is 13.8. The molecule has 3 aliphatic carbocycles. The number of amides is 2. The van der Waals surface area contributed by atoms with E-state index in [4.69, 9.17) is 5.73 Å². The highest BCUT2D eigenvalue weighted by Gasteiger charge is 2.60. The van der Waals surface area contributed by atoms with Crippen LogP contribution in [0, 0.1) is 17.8 Å². The van der Waals surface area contributed by atoms with Crippen molar-refractivity contribution in [2.75, 3.05) is 19.4 Å². The third-order valence-electron chi connectivity index (χ3n) is 7.30. The fraction of sp³-hybridized carbons (Fsp3) is 0.417. The van der Waals surface area contributed by atoms with E-state index in [0.29, 0.717) is 5.56 Å². The van der Waals surface area contributed by atoms with Gasteiger partial charge in [-0.25, -0.2) is 0 Å². The fourth-order valence-corrected chi connectivity index (χ4v) is 5.90. The second-order valence-corrected chi connectivity index (χ2v) is 9.49. The molecule has 3 unspecified atom stereocenters. The number of nitrogens with one attached hydrogen (secondary N) is 1. The van der Waals surface area contributed by atoms with Crippen molar-refractivity contribution < 1.29 is 39.6 Å². The number of hydrogen-bond donors (Lipinski definition) is 6. The lowest BCUT2D eigenvalue weighted by Gasteiger charge is -2.50. The SMILES string of the molecule is CC(=O)Nc1ccc2c(c1O)C(O)=C1C(=O)C3C(=O)C(C(N)=O)=C(O)[C@@H](N(C)C)C3[C@@H](O)C1[C@H]2C. The molecule has 3 aliphatic rings. The highest BCUT2D eigenvalue weighted by atomic mass is 16.3. The van der Waals surface area contributed by atoms with Crippen LogP contribution in [0.3, 0.4) is 0 Å². The molecule has 0 radical (unpaired) electrons. The number of aliphatic hydroxyl groups excluding tert-OH is 3. The Hall–Kier alpha value is -3.70. The van der Waals surface area contributed by atoms with Crippen molar-refractivity contribution in [2.45, 2.75) is 31.9 Å². The molecule has 2 amide bonds. The van der Waals surface area contributed by atoms with Crippen LogP contribution >= 0.6 is 0 Å². The Kier molecular flexibility index (Phi) is 5.73. The van der Waals surface area contributed by atoms with Gasteiger partial charge in [-0.2, -0.15) is 0 Å². The van der Waals surface area contributed by atoms with Crippen molar-refractivity contribution in [2.24, 2.45) is 23.5 Å². The van der Waals surface area contributed by atoms with Crippen molar-refractivity contribution in [3.8, 4) is 5.75 Å². The van der Waals surface area contributed by atoms with E-state index in [1.54, 1.807) is 27.1 Å². The second kappa shape index (κ2) is 8.21. The minimum Gasteiger partial charge on any atom is -0.510 e. The van der Waals surface area contributed by atoms with Crippen LogP contribution in [0.4, 0.5) is 5.69 Å². The number of nitrogens with zero attached hydrogens (tertiary/aromatic N) is 1. The summed E-state index contributed by atoms with van der Waals surface area (Å²) in [7, 11) is 3.13. The summed E-state index contributed by atoms with van der Waals surface area (Å²) in [5.74, 6) is -9.51. The van der Waals surface area contributed by atoms with Crippen LogP contribution < -0.4 is 11.1 Å². The molecule has 11 nitrogen and oxygen atoms in total. The van der Waals surface area contributed by atoms with Crippen LogP contribution in [-0.4, -0.2) is 74.9 Å². The molecule has 4 rings (SSSR count). The molecule has 0 aliphatic heterocycles. The largest absolute Gasteiger partial charge is 0.510 e. The maximum atomic E-state index is 13.8. The van der Waals surface area contributed by atoms with Gasteiger partial charge in [-0.3, -0.25) is 24.1 Å². The van der Waals surface area contributed by atoms with Crippen LogP contribution in [0.2, 0.25) is 0 Å². The number of carbonyl (C=O) groups is 4. The number of nitrogens with two attached hydrogens (primary N) is 1. The van der Waals surface area contributed by atoms with Crippen LogP contribution in [0.5, 0.6) is 5.75 Å². The van der Waals surface area contributed by atoms with Gasteiger partial charge in [0.1, 0.15) is 22.8 Å². The first-order valence-electron chi connectivity index (χ1n) is 11.0. The van der Waals surface area contributed by atoms with Crippen molar-refractivity contribution in [1.82, 2.24) is 4.90 Å². The zero-order valence-electron chi connectivity index (χ0n) is 19.6. The molecule has 1 aromatic carbocycles. The van der Waals surface area contributed by atoms with Crippen LogP contribution in [0.25, 0.3) is 5.76 Å². The summed E-state index contributed by atoms with van der Waals surface area (Å²) in [5, 5.41) is 46.7. The van der Waals surface area contributed by atoms with Crippen molar-refractivity contribution in [1.29, 1.82) is 0 Å². The minimum absolute atomic E-state index is 0.0148. The van der Waals surface area contributed by atoms with E-state index >= 15 is 0 Å². The molecule has 1 saturated carbocycles. The minimum atomic E-state index is -1.58. The standard InChI is InChI=1S/C24H27N3O8/c1-7-9-5-6-10(26-8(2)28)18(29)12(9)20(31)14-11(7)19(30)13-15(21(14)32)22(33)16(24(25)35)23(34)17(13)27(3)4/h5-7,11,13,15,17,19,29-31,34H,1-4H3,(H2,25,35)(H,26,28)/t7-,11?,13?,15?,17-,19-/m0/s1. The Morgan fingerprint density at radius 1 is 1.09 bits per heavy atom. The molecule has 35 heavy (non-hydrogen) atoms. The molecule has 0 aromatic heterocycles. The van der Waals surface area contributed by atoms with Gasteiger partial charge in [0.2, 0.25) is 5.91 Å². The number of aromatic hydroxyl groups is 1. The Morgan fingerprint density at radius 3 is 2.26 bits per heavy atom. The molecule has 7 N–H and O–H groups in total. The van der Waals surface area contributed by atoms with E-state index in [-0.39, 0.29) is 16.8 Å². The fourth-order valence-electron chi connectivity index (χ4n) is 5.90. The summed E-state index contributed by atoms with van der Waals surface area (Å²) in [6.45, 7) is 2.94. The van der Waals surface area contributed by atoms with Gasteiger partial charge in [-0.1, -0.05) is 13.0 Å². The number of aliphatic hydroxyl groups is 3. The number of primary amides is 1. The van der Waals surface area contributed by atoms with Gasteiger partial charge < -0.3 is 31.5 Å². The van der Waals surface area contributed by atoms with Gasteiger partial charge in [0.25, 0.3) is 5.91 Å². The normalized spacial score (nSPS) is 30.1. The molecule has 1 fully saturated rings. The highest BCUT2D eigenvalue weighted by Crippen LogP contribution is 2.55. The Bertz CT molecular complexity index is 1250. The molecule has 6 atom stereocenters. The molecule has 186 valence electrons. The highest BCUT2D eigenvalue weighted by molar-refractivity contribution is 6.28. The lowest BCUT2D eigenvalue weighted by Crippen LogP contribution is -2.61. The van der Waals surface area contributed by atoms with E-state index < -0.39 is 82.0 Å². The van der Waals surface area contributed by atoms with Gasteiger partial charge in [0.05, 0.1) is 29.3 Å². The summed E-state index contributed by atoms with van der Waals surface area (Å²) >= 11 is 0. The van der Waals surface area contributed by atoms with Gasteiger partial charge in [0, 0.05) is 24.3 Å². The average Bonchev–Trinajstić information content (AvgIpc) is 2.74. The number of phenolic OH excluding ortho intramolecular Hbond substituents is 1. The average molecular weight is 485 g/mol. The zero-order chi connectivity index (χ0) is 26.1. The summed E-state index contributed by atoms with van der Waals surface area (Å²) in [6.07, 6.45) is -1.39. The molecular weight excluding hydrogens is 458 g/mol.